The van der Waals surface area contributed by atoms with E-state index in [-0.39, 0.29) is 10.6 Å². The first-order valence-corrected chi connectivity index (χ1v) is 7.77. The van der Waals surface area contributed by atoms with Gasteiger partial charge in [-0.15, -0.1) is 10.2 Å². The molecule has 1 fully saturated rings. The maximum Gasteiger partial charge on any atom is 0.273 e. The molecular formula is C14H16N4O2S. The third-order valence-corrected chi connectivity index (χ3v) is 4.56. The van der Waals surface area contributed by atoms with Crippen LogP contribution >= 0.6 is 11.3 Å². The molecule has 1 aliphatic carbocycles. The summed E-state index contributed by atoms with van der Waals surface area (Å²) in [6.07, 6.45) is 3.39. The summed E-state index contributed by atoms with van der Waals surface area (Å²) in [5, 5.41) is 24.5. The molecule has 1 N–H and O–H groups in total. The number of nitrogens with zero attached hydrogens (tertiary/aromatic N) is 3. The normalized spacial score (nSPS) is 14.3. The highest BCUT2D eigenvalue weighted by Gasteiger charge is 2.20. The Morgan fingerprint density at radius 3 is 2.95 bits per heavy atom. The number of hydrogen-bond acceptors (Lipinski definition) is 6. The van der Waals surface area contributed by atoms with Crippen LogP contribution in [0.15, 0.2) is 18.2 Å². The van der Waals surface area contributed by atoms with Gasteiger partial charge in [0.05, 0.1) is 4.92 Å². The van der Waals surface area contributed by atoms with Crippen molar-refractivity contribution in [3.8, 4) is 10.6 Å². The van der Waals surface area contributed by atoms with Crippen molar-refractivity contribution in [3.05, 3.63) is 38.9 Å². The van der Waals surface area contributed by atoms with Crippen LogP contribution in [0.5, 0.6) is 0 Å². The van der Waals surface area contributed by atoms with E-state index in [4.69, 9.17) is 0 Å². The Morgan fingerprint density at radius 2 is 2.24 bits per heavy atom. The van der Waals surface area contributed by atoms with Gasteiger partial charge in [-0.3, -0.25) is 10.1 Å². The average molecular weight is 304 g/mol. The van der Waals surface area contributed by atoms with Crippen LogP contribution < -0.4 is 5.32 Å². The SMILES string of the molecule is Cc1c(-c2nnc(CCNC3CC3)s2)cccc1[N+](=O)[O-]. The molecule has 6 nitrogen and oxygen atoms in total. The van der Waals surface area contributed by atoms with E-state index >= 15 is 0 Å². The van der Waals surface area contributed by atoms with Crippen LogP contribution in [0.3, 0.4) is 0 Å². The van der Waals surface area contributed by atoms with Crippen LogP contribution in [-0.4, -0.2) is 27.7 Å². The van der Waals surface area contributed by atoms with Crippen molar-refractivity contribution in [1.82, 2.24) is 15.5 Å². The standard InChI is InChI=1S/C14H16N4O2S/c1-9-11(3-2-4-12(9)18(19)20)14-17-16-13(21-14)7-8-15-10-5-6-10/h2-4,10,15H,5-8H2,1H3. The van der Waals surface area contributed by atoms with Gasteiger partial charge >= 0.3 is 0 Å². The molecule has 2 aromatic rings. The molecule has 1 saturated carbocycles. The number of nitro benzene ring substituents is 1. The van der Waals surface area contributed by atoms with Crippen molar-refractivity contribution >= 4 is 17.0 Å². The number of nitrogens with one attached hydrogen (secondary N) is 1. The van der Waals surface area contributed by atoms with E-state index in [1.54, 1.807) is 13.0 Å². The molecule has 0 amide bonds. The number of hydrogen-bond donors (Lipinski definition) is 1. The van der Waals surface area contributed by atoms with Gasteiger partial charge in [0.25, 0.3) is 5.69 Å². The van der Waals surface area contributed by atoms with Crippen LogP contribution in [0.2, 0.25) is 0 Å². The van der Waals surface area contributed by atoms with Gasteiger partial charge in [-0.2, -0.15) is 0 Å². The Morgan fingerprint density at radius 1 is 1.43 bits per heavy atom. The largest absolute Gasteiger partial charge is 0.314 e. The zero-order valence-corrected chi connectivity index (χ0v) is 12.5. The summed E-state index contributed by atoms with van der Waals surface area (Å²) < 4.78 is 0. The number of nitro groups is 1. The zero-order valence-electron chi connectivity index (χ0n) is 11.7. The molecule has 0 atom stereocenters. The van der Waals surface area contributed by atoms with Gasteiger partial charge in [-0.1, -0.05) is 23.5 Å². The van der Waals surface area contributed by atoms with Crippen LogP contribution in [0.25, 0.3) is 10.6 Å². The Kier molecular flexibility index (Phi) is 3.94. The van der Waals surface area contributed by atoms with E-state index in [2.05, 4.69) is 15.5 Å². The van der Waals surface area contributed by atoms with Crippen LogP contribution in [-0.2, 0) is 6.42 Å². The second-order valence-corrected chi connectivity index (χ2v) is 6.25. The summed E-state index contributed by atoms with van der Waals surface area (Å²) in [4.78, 5) is 10.6. The maximum absolute atomic E-state index is 11.0. The molecule has 0 unspecified atom stereocenters. The van der Waals surface area contributed by atoms with Crippen molar-refractivity contribution in [2.75, 3.05) is 6.54 Å². The minimum absolute atomic E-state index is 0.125. The zero-order chi connectivity index (χ0) is 14.8. The van der Waals surface area contributed by atoms with Gasteiger partial charge in [-0.05, 0) is 19.8 Å². The minimum atomic E-state index is -0.361. The fourth-order valence-corrected chi connectivity index (χ4v) is 3.11. The monoisotopic (exact) mass is 304 g/mol. The van der Waals surface area contributed by atoms with E-state index in [0.29, 0.717) is 11.6 Å². The summed E-state index contributed by atoms with van der Waals surface area (Å²) in [5.74, 6) is 0. The fraction of sp³-hybridized carbons (Fsp3) is 0.429. The molecule has 1 aliphatic rings. The van der Waals surface area contributed by atoms with E-state index in [0.717, 1.165) is 28.5 Å². The molecule has 0 radical (unpaired) electrons. The number of benzene rings is 1. The summed E-state index contributed by atoms with van der Waals surface area (Å²) in [5.41, 5.74) is 1.56. The molecule has 0 bridgehead atoms. The third-order valence-electron chi connectivity index (χ3n) is 3.55. The first-order valence-electron chi connectivity index (χ1n) is 6.95. The van der Waals surface area contributed by atoms with Crippen LogP contribution in [0.1, 0.15) is 23.4 Å². The van der Waals surface area contributed by atoms with Crippen LogP contribution in [0, 0.1) is 17.0 Å². The highest BCUT2D eigenvalue weighted by atomic mass is 32.1. The van der Waals surface area contributed by atoms with E-state index in [1.165, 1.54) is 30.2 Å². The van der Waals surface area contributed by atoms with Crippen molar-refractivity contribution in [3.63, 3.8) is 0 Å². The molecule has 1 aromatic carbocycles. The number of aromatic nitrogens is 2. The summed E-state index contributed by atoms with van der Waals surface area (Å²) in [6, 6.07) is 5.75. The maximum atomic E-state index is 11.0. The fourth-order valence-electron chi connectivity index (χ4n) is 2.19. The van der Waals surface area contributed by atoms with E-state index < -0.39 is 0 Å². The second-order valence-electron chi connectivity index (χ2n) is 5.19. The first kappa shape index (κ1) is 14.1. The van der Waals surface area contributed by atoms with Crippen LogP contribution in [0.4, 0.5) is 5.69 Å². The molecule has 0 spiro atoms. The lowest BCUT2D eigenvalue weighted by Gasteiger charge is -2.02. The summed E-state index contributed by atoms with van der Waals surface area (Å²) >= 11 is 1.51. The first-order chi connectivity index (χ1) is 10.1. The predicted octanol–water partition coefficient (Wildman–Crippen LogP) is 2.72. The molecule has 7 heteroatoms. The van der Waals surface area contributed by atoms with Gasteiger partial charge in [-0.25, -0.2) is 0 Å². The molecule has 3 rings (SSSR count). The Labute approximate surface area is 126 Å². The molecule has 1 aromatic heterocycles. The highest BCUT2D eigenvalue weighted by molar-refractivity contribution is 7.14. The summed E-state index contributed by atoms with van der Waals surface area (Å²) in [6.45, 7) is 2.66. The minimum Gasteiger partial charge on any atom is -0.314 e. The molecule has 110 valence electrons. The second kappa shape index (κ2) is 5.87. The Hall–Kier alpha value is -1.86. The molecule has 21 heavy (non-hydrogen) atoms. The Bertz CT molecular complexity index is 667. The number of rotatable bonds is 6. The van der Waals surface area contributed by atoms with E-state index in [9.17, 15) is 10.1 Å². The molecule has 0 saturated heterocycles. The summed E-state index contributed by atoms with van der Waals surface area (Å²) in [7, 11) is 0. The van der Waals surface area contributed by atoms with Gasteiger partial charge in [0, 0.05) is 36.2 Å². The van der Waals surface area contributed by atoms with Gasteiger partial charge < -0.3 is 5.32 Å². The van der Waals surface area contributed by atoms with Gasteiger partial charge in [0.15, 0.2) is 0 Å². The van der Waals surface area contributed by atoms with Crippen molar-refractivity contribution in [2.24, 2.45) is 0 Å². The lowest BCUT2D eigenvalue weighted by molar-refractivity contribution is -0.385. The average Bonchev–Trinajstić information content (AvgIpc) is 3.16. The predicted molar refractivity (Wildman–Crippen MR) is 81.5 cm³/mol. The van der Waals surface area contributed by atoms with Crippen molar-refractivity contribution in [1.29, 1.82) is 0 Å². The van der Waals surface area contributed by atoms with Crippen molar-refractivity contribution < 1.29 is 4.92 Å². The van der Waals surface area contributed by atoms with Gasteiger partial charge in [0.2, 0.25) is 0 Å². The highest BCUT2D eigenvalue weighted by Crippen LogP contribution is 2.31. The topological polar surface area (TPSA) is 81.0 Å². The third kappa shape index (κ3) is 3.25. The molecular weight excluding hydrogens is 288 g/mol. The molecule has 0 aliphatic heterocycles. The van der Waals surface area contributed by atoms with Gasteiger partial charge in [0.1, 0.15) is 10.0 Å². The smallest absolute Gasteiger partial charge is 0.273 e. The Balaban J connectivity index is 1.75. The van der Waals surface area contributed by atoms with Crippen molar-refractivity contribution in [2.45, 2.75) is 32.2 Å². The molecule has 1 heterocycles. The lowest BCUT2D eigenvalue weighted by atomic mass is 10.1. The quantitative estimate of drug-likeness (QED) is 0.655. The van der Waals surface area contributed by atoms with E-state index in [1.807, 2.05) is 6.07 Å². The lowest BCUT2D eigenvalue weighted by Crippen LogP contribution is -2.19.